The second-order valence-electron chi connectivity index (χ2n) is 4.95. The molecule has 2 atom stereocenters. The molecule has 1 aromatic rings. The van der Waals surface area contributed by atoms with Crippen LogP contribution in [0.3, 0.4) is 0 Å². The summed E-state index contributed by atoms with van der Waals surface area (Å²) in [5, 5.41) is 12.1. The van der Waals surface area contributed by atoms with Gasteiger partial charge in [-0.2, -0.15) is 0 Å². The van der Waals surface area contributed by atoms with Crippen LogP contribution in [-0.2, 0) is 4.79 Å². The zero-order valence-electron chi connectivity index (χ0n) is 10.4. The van der Waals surface area contributed by atoms with Crippen LogP contribution in [0.1, 0.15) is 23.2 Å². The minimum Gasteiger partial charge on any atom is -0.478 e. The molecule has 2 aliphatic rings. The van der Waals surface area contributed by atoms with Crippen molar-refractivity contribution < 1.29 is 14.7 Å². The van der Waals surface area contributed by atoms with Gasteiger partial charge in [0.1, 0.15) is 5.56 Å². The Morgan fingerprint density at radius 3 is 3.16 bits per heavy atom. The highest BCUT2D eigenvalue weighted by Gasteiger charge is 2.41. The Kier molecular flexibility index (Phi) is 2.85. The van der Waals surface area contributed by atoms with Gasteiger partial charge in [0.05, 0.1) is 17.6 Å². The van der Waals surface area contributed by atoms with Crippen molar-refractivity contribution in [2.24, 2.45) is 5.92 Å². The van der Waals surface area contributed by atoms with E-state index in [-0.39, 0.29) is 23.4 Å². The number of amides is 1. The lowest BCUT2D eigenvalue weighted by Crippen LogP contribution is -2.46. The molecule has 0 bridgehead atoms. The number of hydrogen-bond donors (Lipinski definition) is 2. The third-order valence-corrected chi connectivity index (χ3v) is 3.94. The minimum absolute atomic E-state index is 0.0245. The van der Waals surface area contributed by atoms with Crippen molar-refractivity contribution in [3.63, 3.8) is 0 Å². The van der Waals surface area contributed by atoms with Gasteiger partial charge in [0, 0.05) is 25.5 Å². The van der Waals surface area contributed by atoms with Gasteiger partial charge >= 0.3 is 5.97 Å². The molecule has 2 saturated heterocycles. The number of hydrogen-bond acceptors (Lipinski definition) is 4. The predicted molar refractivity (Wildman–Crippen MR) is 68.1 cm³/mol. The summed E-state index contributed by atoms with van der Waals surface area (Å²) < 4.78 is 0. The molecule has 2 unspecified atom stereocenters. The number of aromatic carboxylic acids is 1. The van der Waals surface area contributed by atoms with E-state index in [1.807, 2.05) is 4.90 Å². The lowest BCUT2D eigenvalue weighted by molar-refractivity contribution is -0.122. The Balaban J connectivity index is 1.97. The Morgan fingerprint density at radius 1 is 1.53 bits per heavy atom. The van der Waals surface area contributed by atoms with Crippen molar-refractivity contribution in [1.82, 2.24) is 10.3 Å². The molecule has 6 nitrogen and oxygen atoms in total. The van der Waals surface area contributed by atoms with Crippen molar-refractivity contribution in [2.75, 3.05) is 18.0 Å². The summed E-state index contributed by atoms with van der Waals surface area (Å²) in [7, 11) is 0. The topological polar surface area (TPSA) is 82.5 Å². The second-order valence-corrected chi connectivity index (χ2v) is 4.95. The molecule has 0 saturated carbocycles. The normalized spacial score (nSPS) is 25.9. The zero-order valence-corrected chi connectivity index (χ0v) is 10.4. The van der Waals surface area contributed by atoms with Crippen LogP contribution in [0.25, 0.3) is 0 Å². The first-order chi connectivity index (χ1) is 9.18. The van der Waals surface area contributed by atoms with Gasteiger partial charge in [-0.1, -0.05) is 0 Å². The quantitative estimate of drug-likeness (QED) is 0.809. The fraction of sp³-hybridized carbons (Fsp3) is 0.462. The number of pyridine rings is 1. The number of carboxylic acids is 1. The number of anilines is 1. The summed E-state index contributed by atoms with van der Waals surface area (Å²) in [5.74, 6) is -0.924. The number of nitrogens with one attached hydrogen (secondary N) is 1. The van der Waals surface area contributed by atoms with Crippen LogP contribution in [0.5, 0.6) is 0 Å². The maximum atomic E-state index is 11.7. The summed E-state index contributed by atoms with van der Waals surface area (Å²) in [6, 6.07) is 1.77. The van der Waals surface area contributed by atoms with E-state index >= 15 is 0 Å². The molecular weight excluding hydrogens is 246 g/mol. The van der Waals surface area contributed by atoms with E-state index in [0.29, 0.717) is 12.2 Å². The summed E-state index contributed by atoms with van der Waals surface area (Å²) in [6.07, 6.45) is 4.73. The molecule has 6 heteroatoms. The number of carboxylic acid groups (broad SMARTS) is 1. The lowest BCUT2D eigenvalue weighted by Gasteiger charge is -2.38. The van der Waals surface area contributed by atoms with Gasteiger partial charge in [-0.05, 0) is 18.9 Å². The van der Waals surface area contributed by atoms with Gasteiger partial charge < -0.3 is 15.3 Å². The van der Waals surface area contributed by atoms with Crippen LogP contribution in [-0.4, -0.2) is 41.1 Å². The Labute approximate surface area is 110 Å². The molecule has 0 aliphatic carbocycles. The van der Waals surface area contributed by atoms with E-state index in [1.165, 1.54) is 6.20 Å². The van der Waals surface area contributed by atoms with E-state index < -0.39 is 5.97 Å². The summed E-state index contributed by atoms with van der Waals surface area (Å²) in [6.45, 7) is 1.37. The highest BCUT2D eigenvalue weighted by molar-refractivity contribution is 5.94. The molecule has 1 aromatic heterocycles. The number of fused-ring (bicyclic) bond motifs is 1. The Hall–Kier alpha value is -2.11. The average molecular weight is 261 g/mol. The standard InChI is InChI=1S/C13H15N3O3/c17-12-8-2-1-5-16(11(8)7-15-12)10-3-4-14-6-9(10)13(18)19/h3-4,6,8,11H,1-2,5,7H2,(H,15,17)(H,18,19). The second kappa shape index (κ2) is 4.53. The molecule has 1 amide bonds. The molecule has 0 aromatic carbocycles. The van der Waals surface area contributed by atoms with E-state index in [1.54, 1.807) is 12.3 Å². The van der Waals surface area contributed by atoms with E-state index in [0.717, 1.165) is 19.4 Å². The SMILES string of the molecule is O=C(O)c1cnccc1N1CCCC2C(=O)NCC21. The van der Waals surface area contributed by atoms with Crippen LogP contribution in [0.4, 0.5) is 5.69 Å². The van der Waals surface area contributed by atoms with Gasteiger partial charge in [-0.15, -0.1) is 0 Å². The molecule has 100 valence electrons. The fourth-order valence-electron chi connectivity index (χ4n) is 3.05. The number of rotatable bonds is 2. The molecule has 3 rings (SSSR count). The first-order valence-electron chi connectivity index (χ1n) is 6.40. The number of carbonyl (C=O) groups is 2. The van der Waals surface area contributed by atoms with Crippen molar-refractivity contribution in [3.8, 4) is 0 Å². The number of piperidine rings is 1. The molecule has 2 fully saturated rings. The third kappa shape index (κ3) is 1.93. The van der Waals surface area contributed by atoms with Gasteiger partial charge in [0.25, 0.3) is 0 Å². The summed E-state index contributed by atoms with van der Waals surface area (Å²) in [4.78, 5) is 28.9. The van der Waals surface area contributed by atoms with Crippen LogP contribution < -0.4 is 10.2 Å². The maximum Gasteiger partial charge on any atom is 0.339 e. The van der Waals surface area contributed by atoms with Crippen molar-refractivity contribution in [2.45, 2.75) is 18.9 Å². The number of nitrogens with zero attached hydrogens (tertiary/aromatic N) is 2. The molecule has 3 heterocycles. The van der Waals surface area contributed by atoms with E-state index in [2.05, 4.69) is 10.3 Å². The summed E-state index contributed by atoms with van der Waals surface area (Å²) in [5.41, 5.74) is 0.858. The molecular formula is C13H15N3O3. The maximum absolute atomic E-state index is 11.7. The fourth-order valence-corrected chi connectivity index (χ4v) is 3.05. The van der Waals surface area contributed by atoms with E-state index in [4.69, 9.17) is 0 Å². The lowest BCUT2D eigenvalue weighted by atomic mass is 9.90. The molecule has 19 heavy (non-hydrogen) atoms. The van der Waals surface area contributed by atoms with Gasteiger partial charge in [-0.3, -0.25) is 9.78 Å². The molecule has 2 N–H and O–H groups in total. The Morgan fingerprint density at radius 2 is 2.37 bits per heavy atom. The Bertz CT molecular complexity index is 532. The van der Waals surface area contributed by atoms with Crippen LogP contribution >= 0.6 is 0 Å². The van der Waals surface area contributed by atoms with Gasteiger partial charge in [0.15, 0.2) is 0 Å². The summed E-state index contributed by atoms with van der Waals surface area (Å²) >= 11 is 0. The van der Waals surface area contributed by atoms with Crippen LogP contribution in [0.15, 0.2) is 18.5 Å². The van der Waals surface area contributed by atoms with Crippen LogP contribution in [0.2, 0.25) is 0 Å². The third-order valence-electron chi connectivity index (χ3n) is 3.94. The van der Waals surface area contributed by atoms with Crippen LogP contribution in [0, 0.1) is 5.92 Å². The van der Waals surface area contributed by atoms with Gasteiger partial charge in [0.2, 0.25) is 5.91 Å². The minimum atomic E-state index is -0.984. The number of aromatic nitrogens is 1. The highest BCUT2D eigenvalue weighted by Crippen LogP contribution is 2.33. The van der Waals surface area contributed by atoms with Crippen molar-refractivity contribution in [3.05, 3.63) is 24.0 Å². The molecule has 0 spiro atoms. The van der Waals surface area contributed by atoms with E-state index in [9.17, 15) is 14.7 Å². The van der Waals surface area contributed by atoms with Crippen molar-refractivity contribution >= 4 is 17.6 Å². The monoisotopic (exact) mass is 261 g/mol. The first-order valence-corrected chi connectivity index (χ1v) is 6.40. The highest BCUT2D eigenvalue weighted by atomic mass is 16.4. The first kappa shape index (κ1) is 12.0. The van der Waals surface area contributed by atoms with Gasteiger partial charge in [-0.25, -0.2) is 4.79 Å². The van der Waals surface area contributed by atoms with Crippen molar-refractivity contribution in [1.29, 1.82) is 0 Å². The number of carbonyl (C=O) groups excluding carboxylic acids is 1. The molecule has 2 aliphatic heterocycles. The molecule has 0 radical (unpaired) electrons. The average Bonchev–Trinajstić information content (AvgIpc) is 2.81. The largest absolute Gasteiger partial charge is 0.478 e. The smallest absolute Gasteiger partial charge is 0.339 e. The zero-order chi connectivity index (χ0) is 13.4. The predicted octanol–water partition coefficient (Wildman–Crippen LogP) is 0.495.